The van der Waals surface area contributed by atoms with E-state index in [0.717, 1.165) is 22.8 Å². The number of amides is 1. The summed E-state index contributed by atoms with van der Waals surface area (Å²) in [5.41, 5.74) is 2.08. The van der Waals surface area contributed by atoms with Gasteiger partial charge >= 0.3 is 0 Å². The highest BCUT2D eigenvalue weighted by molar-refractivity contribution is 5.84. The van der Waals surface area contributed by atoms with Crippen molar-refractivity contribution in [3.8, 4) is 0 Å². The van der Waals surface area contributed by atoms with E-state index in [4.69, 9.17) is 0 Å². The van der Waals surface area contributed by atoms with Crippen molar-refractivity contribution in [2.24, 2.45) is 0 Å². The van der Waals surface area contributed by atoms with Crippen LogP contribution in [0.4, 0.5) is 0 Å². The van der Waals surface area contributed by atoms with Crippen molar-refractivity contribution in [2.75, 3.05) is 0 Å². The van der Waals surface area contributed by atoms with Gasteiger partial charge in [-0.2, -0.15) is 0 Å². The van der Waals surface area contributed by atoms with Crippen molar-refractivity contribution in [1.29, 1.82) is 0 Å². The number of hydrogen-bond donors (Lipinski definition) is 2. The Morgan fingerprint density at radius 2 is 2.22 bits per heavy atom. The lowest BCUT2D eigenvalue weighted by Gasteiger charge is -2.11. The van der Waals surface area contributed by atoms with Gasteiger partial charge in [-0.3, -0.25) is 4.79 Å². The molecule has 1 atom stereocenters. The summed E-state index contributed by atoms with van der Waals surface area (Å²) < 4.78 is 0. The van der Waals surface area contributed by atoms with Gasteiger partial charge in [0.15, 0.2) is 0 Å². The molecule has 2 aromatic rings. The topological polar surface area (TPSA) is 62.0 Å². The Morgan fingerprint density at radius 1 is 1.44 bits per heavy atom. The van der Waals surface area contributed by atoms with Crippen LogP contribution in [0.25, 0.3) is 10.9 Å². The van der Waals surface area contributed by atoms with E-state index < -0.39 is 6.04 Å². The van der Waals surface area contributed by atoms with Gasteiger partial charge in [-0.25, -0.2) is 0 Å². The molecule has 1 aromatic heterocycles. The molecule has 0 fully saturated rings. The Hall–Kier alpha value is -2.10. The molecule has 1 heterocycles. The number of aromatic amines is 1. The second-order valence-electron chi connectivity index (χ2n) is 4.23. The van der Waals surface area contributed by atoms with Crippen LogP contribution in [-0.2, 0) is 16.0 Å². The minimum absolute atomic E-state index is 0.105. The Labute approximate surface area is 105 Å². The zero-order valence-corrected chi connectivity index (χ0v) is 10.3. The zero-order chi connectivity index (χ0) is 13.0. The van der Waals surface area contributed by atoms with E-state index in [-0.39, 0.29) is 5.91 Å². The highest BCUT2D eigenvalue weighted by Gasteiger charge is 2.13. The molecule has 4 heteroatoms. The third kappa shape index (κ3) is 2.59. The number of aromatic nitrogens is 1. The van der Waals surface area contributed by atoms with E-state index in [2.05, 4.69) is 10.3 Å². The minimum atomic E-state index is -0.461. The van der Waals surface area contributed by atoms with Crippen molar-refractivity contribution in [2.45, 2.75) is 25.8 Å². The number of carbonyl (C=O) groups excluding carboxylic acids is 2. The number of fused-ring (bicyclic) bond motifs is 1. The summed E-state index contributed by atoms with van der Waals surface area (Å²) in [6.45, 7) is 1.77. The second kappa shape index (κ2) is 5.49. The number of nitrogens with one attached hydrogen (secondary N) is 2. The van der Waals surface area contributed by atoms with Gasteiger partial charge in [0.05, 0.1) is 6.04 Å². The first-order valence-corrected chi connectivity index (χ1v) is 6.04. The molecule has 94 valence electrons. The van der Waals surface area contributed by atoms with Gasteiger partial charge in [-0.05, 0) is 11.6 Å². The Kier molecular flexibility index (Phi) is 3.77. The summed E-state index contributed by atoms with van der Waals surface area (Å²) in [6, 6.07) is 7.44. The van der Waals surface area contributed by atoms with Crippen LogP contribution in [0.2, 0.25) is 0 Å². The highest BCUT2D eigenvalue weighted by Crippen LogP contribution is 2.18. The van der Waals surface area contributed by atoms with E-state index >= 15 is 0 Å². The first-order chi connectivity index (χ1) is 8.74. The smallest absolute Gasteiger partial charge is 0.220 e. The Balaban J connectivity index is 2.16. The van der Waals surface area contributed by atoms with Crippen LogP contribution in [0.3, 0.4) is 0 Å². The molecular weight excluding hydrogens is 228 g/mol. The molecule has 2 N–H and O–H groups in total. The van der Waals surface area contributed by atoms with Gasteiger partial charge < -0.3 is 15.1 Å². The normalized spacial score (nSPS) is 12.3. The van der Waals surface area contributed by atoms with Gasteiger partial charge in [-0.15, -0.1) is 0 Å². The van der Waals surface area contributed by atoms with Gasteiger partial charge in [0.1, 0.15) is 6.29 Å². The Bertz CT molecular complexity index is 560. The van der Waals surface area contributed by atoms with Crippen LogP contribution in [0.15, 0.2) is 30.5 Å². The number of benzene rings is 1. The van der Waals surface area contributed by atoms with Crippen molar-refractivity contribution < 1.29 is 9.59 Å². The third-order valence-electron chi connectivity index (χ3n) is 2.95. The predicted octanol–water partition coefficient (Wildman–Crippen LogP) is 1.80. The SMILES string of the molecule is CCC(=O)N[C@@H](C=O)Cc1c[nH]c2ccccc12. The van der Waals surface area contributed by atoms with Crippen molar-refractivity contribution in [1.82, 2.24) is 10.3 Å². The van der Waals surface area contributed by atoms with Crippen LogP contribution in [0.1, 0.15) is 18.9 Å². The molecule has 0 unspecified atom stereocenters. The van der Waals surface area contributed by atoms with Crippen LogP contribution < -0.4 is 5.32 Å². The van der Waals surface area contributed by atoms with Gasteiger partial charge in [0.25, 0.3) is 0 Å². The highest BCUT2D eigenvalue weighted by atomic mass is 16.2. The fraction of sp³-hybridized carbons (Fsp3) is 0.286. The molecule has 0 saturated heterocycles. The van der Waals surface area contributed by atoms with E-state index in [1.165, 1.54) is 0 Å². The molecule has 18 heavy (non-hydrogen) atoms. The fourth-order valence-electron chi connectivity index (χ4n) is 1.98. The summed E-state index contributed by atoms with van der Waals surface area (Å²) in [5, 5.41) is 3.79. The van der Waals surface area contributed by atoms with Crippen LogP contribution in [0.5, 0.6) is 0 Å². The molecular formula is C14H16N2O2. The molecule has 0 aliphatic rings. The van der Waals surface area contributed by atoms with Crippen LogP contribution in [0, 0.1) is 0 Å². The quantitative estimate of drug-likeness (QED) is 0.788. The predicted molar refractivity (Wildman–Crippen MR) is 70.3 cm³/mol. The molecule has 0 saturated carbocycles. The number of carbonyl (C=O) groups is 2. The lowest BCUT2D eigenvalue weighted by molar-refractivity contribution is -0.123. The fourth-order valence-corrected chi connectivity index (χ4v) is 1.98. The third-order valence-corrected chi connectivity index (χ3v) is 2.95. The summed E-state index contributed by atoms with van der Waals surface area (Å²) in [5.74, 6) is -0.105. The first kappa shape index (κ1) is 12.4. The molecule has 2 rings (SSSR count). The molecule has 0 radical (unpaired) electrons. The van der Waals surface area contributed by atoms with E-state index in [1.807, 2.05) is 30.5 Å². The summed E-state index contributed by atoms with van der Waals surface area (Å²) >= 11 is 0. The average molecular weight is 244 g/mol. The number of rotatable bonds is 5. The van der Waals surface area contributed by atoms with Crippen LogP contribution >= 0.6 is 0 Å². The minimum Gasteiger partial charge on any atom is -0.361 e. The lowest BCUT2D eigenvalue weighted by Crippen LogP contribution is -2.37. The van der Waals surface area contributed by atoms with Crippen molar-refractivity contribution in [3.63, 3.8) is 0 Å². The van der Waals surface area contributed by atoms with Crippen molar-refractivity contribution >= 4 is 23.1 Å². The maximum atomic E-state index is 11.3. The maximum Gasteiger partial charge on any atom is 0.220 e. The molecule has 0 aliphatic heterocycles. The molecule has 0 bridgehead atoms. The maximum absolute atomic E-state index is 11.3. The monoisotopic (exact) mass is 244 g/mol. The standard InChI is InChI=1S/C14H16N2O2/c1-2-14(18)16-11(9-17)7-10-8-15-13-6-4-3-5-12(10)13/h3-6,8-9,11,15H,2,7H2,1H3,(H,16,18)/t11-/m1/s1. The van der Waals surface area contributed by atoms with E-state index in [9.17, 15) is 9.59 Å². The number of hydrogen-bond acceptors (Lipinski definition) is 2. The van der Waals surface area contributed by atoms with Gasteiger partial charge in [0, 0.05) is 29.9 Å². The molecule has 0 aliphatic carbocycles. The largest absolute Gasteiger partial charge is 0.361 e. The van der Waals surface area contributed by atoms with E-state index in [0.29, 0.717) is 12.8 Å². The number of aldehydes is 1. The molecule has 4 nitrogen and oxygen atoms in total. The summed E-state index contributed by atoms with van der Waals surface area (Å²) in [6.07, 6.45) is 3.58. The van der Waals surface area contributed by atoms with Gasteiger partial charge in [0.2, 0.25) is 5.91 Å². The second-order valence-corrected chi connectivity index (χ2v) is 4.23. The molecule has 0 spiro atoms. The van der Waals surface area contributed by atoms with Gasteiger partial charge in [-0.1, -0.05) is 25.1 Å². The Morgan fingerprint density at radius 3 is 2.94 bits per heavy atom. The van der Waals surface area contributed by atoms with Crippen molar-refractivity contribution in [3.05, 3.63) is 36.0 Å². The van der Waals surface area contributed by atoms with Crippen LogP contribution in [-0.4, -0.2) is 23.2 Å². The van der Waals surface area contributed by atoms with E-state index in [1.54, 1.807) is 6.92 Å². The number of H-pyrrole nitrogens is 1. The zero-order valence-electron chi connectivity index (χ0n) is 10.3. The molecule has 1 aromatic carbocycles. The average Bonchev–Trinajstić information content (AvgIpc) is 2.81. The molecule has 1 amide bonds. The lowest BCUT2D eigenvalue weighted by atomic mass is 10.1. The summed E-state index contributed by atoms with van der Waals surface area (Å²) in [4.78, 5) is 25.4. The summed E-state index contributed by atoms with van der Waals surface area (Å²) in [7, 11) is 0. The number of para-hydroxylation sites is 1. The first-order valence-electron chi connectivity index (χ1n) is 6.04.